The molecule has 0 spiro atoms. The van der Waals surface area contributed by atoms with E-state index in [-0.39, 0.29) is 17.5 Å². The van der Waals surface area contributed by atoms with Crippen molar-refractivity contribution in [3.63, 3.8) is 0 Å². The highest BCUT2D eigenvalue weighted by atomic mass is 16.5. The van der Waals surface area contributed by atoms with Crippen LogP contribution in [0.5, 0.6) is 0 Å². The van der Waals surface area contributed by atoms with Crippen molar-refractivity contribution in [1.29, 1.82) is 0 Å². The number of carbonyl (C=O) groups excluding carboxylic acids is 3. The second-order valence-electron chi connectivity index (χ2n) is 8.27. The number of amides is 2. The van der Waals surface area contributed by atoms with E-state index in [4.69, 9.17) is 4.74 Å². The zero-order chi connectivity index (χ0) is 20.7. The van der Waals surface area contributed by atoms with Gasteiger partial charge in [-0.15, -0.1) is 0 Å². The molecule has 8 heteroatoms. The molecule has 0 unspecified atom stereocenters. The van der Waals surface area contributed by atoms with E-state index in [0.29, 0.717) is 0 Å². The highest BCUT2D eigenvalue weighted by Gasteiger charge is 2.38. The van der Waals surface area contributed by atoms with Crippen LogP contribution in [0.3, 0.4) is 0 Å². The molecular formula is C20H30N4O4. The Morgan fingerprint density at radius 3 is 2.32 bits per heavy atom. The number of esters is 1. The predicted molar refractivity (Wildman–Crippen MR) is 103 cm³/mol. The summed E-state index contributed by atoms with van der Waals surface area (Å²) >= 11 is 0. The zero-order valence-corrected chi connectivity index (χ0v) is 17.0. The smallest absolute Gasteiger partial charge is 0.328 e. The number of nitrogens with one attached hydrogen (secondary N) is 2. The Morgan fingerprint density at radius 1 is 1.11 bits per heavy atom. The quantitative estimate of drug-likeness (QED) is 0.718. The molecule has 0 bridgehead atoms. The van der Waals surface area contributed by atoms with E-state index in [0.717, 1.165) is 32.1 Å². The number of hydrogen-bond acceptors (Lipinski definition) is 6. The maximum atomic E-state index is 13.1. The third-order valence-corrected chi connectivity index (χ3v) is 5.08. The first-order valence-electron chi connectivity index (χ1n) is 9.69. The minimum Gasteiger partial charge on any atom is -0.467 e. The Balaban J connectivity index is 2.21. The normalized spacial score (nSPS) is 17.3. The molecule has 2 amide bonds. The lowest BCUT2D eigenvalue weighted by Crippen LogP contribution is -2.58. The van der Waals surface area contributed by atoms with Crippen molar-refractivity contribution in [3.8, 4) is 0 Å². The molecule has 2 rings (SSSR count). The SMILES string of the molecule is COC(=O)[C@@H](NC(=O)[C@@H](NC(=O)c1cnccn1)C1CCCCC1)C(C)(C)C. The van der Waals surface area contributed by atoms with Gasteiger partial charge in [0.15, 0.2) is 0 Å². The van der Waals surface area contributed by atoms with Crippen molar-refractivity contribution in [2.24, 2.45) is 11.3 Å². The first-order valence-corrected chi connectivity index (χ1v) is 9.69. The van der Waals surface area contributed by atoms with Crippen molar-refractivity contribution in [2.75, 3.05) is 7.11 Å². The summed E-state index contributed by atoms with van der Waals surface area (Å²) in [6.07, 6.45) is 9.09. The highest BCUT2D eigenvalue weighted by Crippen LogP contribution is 2.28. The number of carbonyl (C=O) groups is 3. The van der Waals surface area contributed by atoms with Crippen LogP contribution in [-0.4, -0.2) is 46.9 Å². The van der Waals surface area contributed by atoms with Crippen LogP contribution in [0.2, 0.25) is 0 Å². The third kappa shape index (κ3) is 5.74. The predicted octanol–water partition coefficient (Wildman–Crippen LogP) is 1.86. The summed E-state index contributed by atoms with van der Waals surface area (Å²) in [5.41, 5.74) is -0.383. The highest BCUT2D eigenvalue weighted by molar-refractivity contribution is 5.96. The van der Waals surface area contributed by atoms with Crippen molar-refractivity contribution in [2.45, 2.75) is 65.0 Å². The maximum Gasteiger partial charge on any atom is 0.328 e. The number of nitrogens with zero attached hydrogens (tertiary/aromatic N) is 2. The molecule has 2 atom stereocenters. The average Bonchev–Trinajstić information content (AvgIpc) is 2.69. The van der Waals surface area contributed by atoms with E-state index < -0.39 is 29.4 Å². The van der Waals surface area contributed by atoms with Gasteiger partial charge in [0.2, 0.25) is 5.91 Å². The molecule has 0 radical (unpaired) electrons. The molecule has 1 aromatic heterocycles. The van der Waals surface area contributed by atoms with Gasteiger partial charge < -0.3 is 15.4 Å². The van der Waals surface area contributed by atoms with Gasteiger partial charge in [0.05, 0.1) is 13.3 Å². The molecule has 0 saturated heterocycles. The summed E-state index contributed by atoms with van der Waals surface area (Å²) < 4.78 is 4.86. The van der Waals surface area contributed by atoms with E-state index >= 15 is 0 Å². The number of aromatic nitrogens is 2. The lowest BCUT2D eigenvalue weighted by molar-refractivity contribution is -0.148. The Morgan fingerprint density at radius 2 is 1.79 bits per heavy atom. The van der Waals surface area contributed by atoms with Crippen LogP contribution in [0.25, 0.3) is 0 Å². The minimum absolute atomic E-state index is 0.00707. The van der Waals surface area contributed by atoms with Gasteiger partial charge in [-0.2, -0.15) is 0 Å². The van der Waals surface area contributed by atoms with Crippen molar-refractivity contribution in [3.05, 3.63) is 24.3 Å². The monoisotopic (exact) mass is 390 g/mol. The van der Waals surface area contributed by atoms with Crippen LogP contribution >= 0.6 is 0 Å². The molecule has 1 aliphatic rings. The second-order valence-corrected chi connectivity index (χ2v) is 8.27. The summed E-state index contributed by atoms with van der Waals surface area (Å²) in [6.45, 7) is 5.55. The third-order valence-electron chi connectivity index (χ3n) is 5.08. The Bertz CT molecular complexity index is 681. The Labute approximate surface area is 165 Å². The number of rotatable bonds is 6. The van der Waals surface area contributed by atoms with Crippen LogP contribution in [-0.2, 0) is 14.3 Å². The molecule has 1 fully saturated rings. The van der Waals surface area contributed by atoms with Crippen LogP contribution in [0.15, 0.2) is 18.6 Å². The Kier molecular flexibility index (Phi) is 7.48. The second kappa shape index (κ2) is 9.61. The minimum atomic E-state index is -0.815. The molecule has 1 heterocycles. The molecular weight excluding hydrogens is 360 g/mol. The van der Waals surface area contributed by atoms with Crippen molar-refractivity contribution in [1.82, 2.24) is 20.6 Å². The van der Waals surface area contributed by atoms with Crippen LogP contribution in [0, 0.1) is 11.3 Å². The molecule has 28 heavy (non-hydrogen) atoms. The van der Waals surface area contributed by atoms with E-state index in [2.05, 4.69) is 20.6 Å². The summed E-state index contributed by atoms with van der Waals surface area (Å²) in [4.78, 5) is 45.8. The summed E-state index contributed by atoms with van der Waals surface area (Å²) in [5.74, 6) is -1.34. The lowest BCUT2D eigenvalue weighted by Gasteiger charge is -2.34. The largest absolute Gasteiger partial charge is 0.467 e. The fraction of sp³-hybridized carbons (Fsp3) is 0.650. The van der Waals surface area contributed by atoms with Gasteiger partial charge in [0, 0.05) is 12.4 Å². The summed E-state index contributed by atoms with van der Waals surface area (Å²) in [6, 6.07) is -1.56. The molecule has 1 aromatic rings. The average molecular weight is 390 g/mol. The molecule has 0 aliphatic heterocycles. The van der Waals surface area contributed by atoms with Crippen LogP contribution in [0.4, 0.5) is 0 Å². The fourth-order valence-electron chi connectivity index (χ4n) is 3.48. The molecule has 2 N–H and O–H groups in total. The van der Waals surface area contributed by atoms with Gasteiger partial charge in [-0.05, 0) is 24.2 Å². The molecule has 1 saturated carbocycles. The summed E-state index contributed by atoms with van der Waals surface area (Å²) in [5, 5.41) is 5.61. The van der Waals surface area contributed by atoms with E-state index in [1.807, 2.05) is 20.8 Å². The van der Waals surface area contributed by atoms with Gasteiger partial charge in [-0.3, -0.25) is 14.6 Å². The molecule has 0 aromatic carbocycles. The van der Waals surface area contributed by atoms with Crippen LogP contribution < -0.4 is 10.6 Å². The lowest BCUT2D eigenvalue weighted by atomic mass is 9.82. The topological polar surface area (TPSA) is 110 Å². The number of methoxy groups -OCH3 is 1. The van der Waals surface area contributed by atoms with Gasteiger partial charge in [0.25, 0.3) is 5.91 Å². The fourth-order valence-corrected chi connectivity index (χ4v) is 3.48. The number of ether oxygens (including phenoxy) is 1. The van der Waals surface area contributed by atoms with Gasteiger partial charge >= 0.3 is 5.97 Å². The van der Waals surface area contributed by atoms with Gasteiger partial charge in [-0.1, -0.05) is 40.0 Å². The van der Waals surface area contributed by atoms with E-state index in [1.54, 1.807) is 0 Å². The molecule has 8 nitrogen and oxygen atoms in total. The van der Waals surface area contributed by atoms with E-state index in [9.17, 15) is 14.4 Å². The van der Waals surface area contributed by atoms with Gasteiger partial charge in [-0.25, -0.2) is 9.78 Å². The number of hydrogen-bond donors (Lipinski definition) is 2. The maximum absolute atomic E-state index is 13.1. The van der Waals surface area contributed by atoms with Crippen molar-refractivity contribution < 1.29 is 19.1 Å². The van der Waals surface area contributed by atoms with Gasteiger partial charge in [0.1, 0.15) is 17.8 Å². The zero-order valence-electron chi connectivity index (χ0n) is 17.0. The van der Waals surface area contributed by atoms with E-state index in [1.165, 1.54) is 25.7 Å². The first-order chi connectivity index (χ1) is 13.2. The molecule has 154 valence electrons. The summed E-state index contributed by atoms with van der Waals surface area (Å²) in [7, 11) is 1.29. The molecule has 1 aliphatic carbocycles. The Hall–Kier alpha value is -2.51. The first kappa shape index (κ1) is 21.8. The van der Waals surface area contributed by atoms with Crippen LogP contribution in [0.1, 0.15) is 63.4 Å². The standard InChI is InChI=1S/C20H30N4O4/c1-20(2,3)16(19(27)28-4)24-18(26)15(13-8-6-5-7-9-13)23-17(25)14-12-21-10-11-22-14/h10-13,15-16H,5-9H2,1-4H3,(H,23,25)(H,24,26)/t15-,16+/m0/s1. The van der Waals surface area contributed by atoms with Crippen molar-refractivity contribution >= 4 is 17.8 Å².